The molecule has 1 fully saturated rings. The summed E-state index contributed by atoms with van der Waals surface area (Å²) >= 11 is 0. The average molecular weight is 366 g/mol. The SMILES string of the molecule is CN(C(=O)OCc1ccccc1)[C@H]1CCN(C(=O)OC(C)(C)C)C[C@@H]1F. The number of nitrogens with zero attached hydrogens (tertiary/aromatic N) is 2. The van der Waals surface area contributed by atoms with Gasteiger partial charge in [0, 0.05) is 13.6 Å². The third-order valence-corrected chi connectivity index (χ3v) is 4.15. The predicted octanol–water partition coefficient (Wildman–Crippen LogP) is 3.60. The highest BCUT2D eigenvalue weighted by Gasteiger charge is 2.37. The fourth-order valence-electron chi connectivity index (χ4n) is 2.78. The molecular weight excluding hydrogens is 339 g/mol. The van der Waals surface area contributed by atoms with Gasteiger partial charge < -0.3 is 19.3 Å². The summed E-state index contributed by atoms with van der Waals surface area (Å²) in [5.74, 6) is 0. The first-order valence-electron chi connectivity index (χ1n) is 8.73. The Morgan fingerprint density at radius 1 is 1.27 bits per heavy atom. The molecule has 1 aliphatic heterocycles. The average Bonchev–Trinajstić information content (AvgIpc) is 2.58. The van der Waals surface area contributed by atoms with E-state index in [1.165, 1.54) is 16.8 Å². The minimum Gasteiger partial charge on any atom is -0.445 e. The van der Waals surface area contributed by atoms with Crippen molar-refractivity contribution >= 4 is 12.2 Å². The second kappa shape index (κ2) is 8.38. The van der Waals surface area contributed by atoms with Crippen LogP contribution in [0.2, 0.25) is 0 Å². The van der Waals surface area contributed by atoms with Gasteiger partial charge in [0.15, 0.2) is 0 Å². The zero-order valence-corrected chi connectivity index (χ0v) is 15.8. The van der Waals surface area contributed by atoms with E-state index in [0.717, 1.165) is 5.56 Å². The van der Waals surface area contributed by atoms with E-state index in [-0.39, 0.29) is 13.2 Å². The monoisotopic (exact) mass is 366 g/mol. The topological polar surface area (TPSA) is 59.1 Å². The van der Waals surface area contributed by atoms with Gasteiger partial charge in [0.05, 0.1) is 12.6 Å². The lowest BCUT2D eigenvalue weighted by molar-refractivity contribution is -0.00260. The van der Waals surface area contributed by atoms with Gasteiger partial charge in [0.25, 0.3) is 0 Å². The molecule has 2 rings (SSSR count). The second-order valence-electron chi connectivity index (χ2n) is 7.45. The molecule has 144 valence electrons. The molecule has 1 aromatic rings. The van der Waals surface area contributed by atoms with Crippen molar-refractivity contribution in [1.29, 1.82) is 0 Å². The van der Waals surface area contributed by atoms with Gasteiger partial charge in [-0.15, -0.1) is 0 Å². The molecule has 0 bridgehead atoms. The Hall–Kier alpha value is -2.31. The molecule has 2 amide bonds. The Kier molecular flexibility index (Phi) is 6.45. The number of rotatable bonds is 3. The summed E-state index contributed by atoms with van der Waals surface area (Å²) in [4.78, 5) is 26.9. The zero-order chi connectivity index (χ0) is 19.3. The number of hydrogen-bond acceptors (Lipinski definition) is 4. The fraction of sp³-hybridized carbons (Fsp3) is 0.579. The molecule has 1 heterocycles. The lowest BCUT2D eigenvalue weighted by Gasteiger charge is -2.38. The minimum absolute atomic E-state index is 0.101. The number of halogens is 1. The summed E-state index contributed by atoms with van der Waals surface area (Å²) < 4.78 is 25.1. The molecule has 0 aromatic heterocycles. The van der Waals surface area contributed by atoms with Crippen molar-refractivity contribution in [2.24, 2.45) is 0 Å². The van der Waals surface area contributed by atoms with Gasteiger partial charge in [0.1, 0.15) is 18.4 Å². The maximum absolute atomic E-state index is 14.6. The summed E-state index contributed by atoms with van der Waals surface area (Å²) in [5, 5.41) is 0. The number of benzene rings is 1. The highest BCUT2D eigenvalue weighted by Crippen LogP contribution is 2.21. The Morgan fingerprint density at radius 3 is 2.50 bits per heavy atom. The molecule has 1 aromatic carbocycles. The maximum Gasteiger partial charge on any atom is 0.410 e. The van der Waals surface area contributed by atoms with Crippen molar-refractivity contribution in [3.63, 3.8) is 0 Å². The normalized spacial score (nSPS) is 20.4. The van der Waals surface area contributed by atoms with E-state index in [4.69, 9.17) is 9.47 Å². The molecule has 0 unspecified atom stereocenters. The summed E-state index contributed by atoms with van der Waals surface area (Å²) in [6.45, 7) is 5.66. The van der Waals surface area contributed by atoms with E-state index in [1.54, 1.807) is 20.8 Å². The molecule has 2 atom stereocenters. The molecule has 0 N–H and O–H groups in total. The van der Waals surface area contributed by atoms with Crippen LogP contribution < -0.4 is 0 Å². The Morgan fingerprint density at radius 2 is 1.92 bits per heavy atom. The molecule has 26 heavy (non-hydrogen) atoms. The van der Waals surface area contributed by atoms with E-state index in [1.807, 2.05) is 30.3 Å². The largest absolute Gasteiger partial charge is 0.445 e. The number of carbonyl (C=O) groups is 2. The number of alkyl halides is 1. The van der Waals surface area contributed by atoms with Crippen LogP contribution in [0.5, 0.6) is 0 Å². The quantitative estimate of drug-likeness (QED) is 0.820. The number of likely N-dealkylation sites (tertiary alicyclic amines) is 1. The van der Waals surface area contributed by atoms with Gasteiger partial charge in [-0.2, -0.15) is 0 Å². The van der Waals surface area contributed by atoms with Gasteiger partial charge in [-0.3, -0.25) is 0 Å². The molecule has 1 saturated heterocycles. The van der Waals surface area contributed by atoms with Gasteiger partial charge in [0.2, 0.25) is 0 Å². The molecule has 0 radical (unpaired) electrons. The first kappa shape index (κ1) is 20.0. The van der Waals surface area contributed by atoms with Crippen LogP contribution in [0.1, 0.15) is 32.8 Å². The Balaban J connectivity index is 1.85. The van der Waals surface area contributed by atoms with E-state index >= 15 is 0 Å². The smallest absolute Gasteiger partial charge is 0.410 e. The third kappa shape index (κ3) is 5.61. The molecule has 0 saturated carbocycles. The predicted molar refractivity (Wildman–Crippen MR) is 95.5 cm³/mol. The van der Waals surface area contributed by atoms with Crippen molar-refractivity contribution in [3.05, 3.63) is 35.9 Å². The van der Waals surface area contributed by atoms with Crippen molar-refractivity contribution in [2.45, 2.75) is 51.6 Å². The zero-order valence-electron chi connectivity index (χ0n) is 15.8. The number of hydrogen-bond donors (Lipinski definition) is 0. The first-order valence-corrected chi connectivity index (χ1v) is 8.73. The molecule has 1 aliphatic rings. The molecule has 0 aliphatic carbocycles. The molecule has 7 heteroatoms. The van der Waals surface area contributed by atoms with Gasteiger partial charge in [-0.05, 0) is 32.8 Å². The van der Waals surface area contributed by atoms with Crippen LogP contribution >= 0.6 is 0 Å². The van der Waals surface area contributed by atoms with Crippen LogP contribution in [0.3, 0.4) is 0 Å². The first-order chi connectivity index (χ1) is 12.2. The highest BCUT2D eigenvalue weighted by atomic mass is 19.1. The minimum atomic E-state index is -1.36. The van der Waals surface area contributed by atoms with Gasteiger partial charge in [-0.25, -0.2) is 14.0 Å². The van der Waals surface area contributed by atoms with Crippen LogP contribution in [0.15, 0.2) is 30.3 Å². The van der Waals surface area contributed by atoms with E-state index in [0.29, 0.717) is 13.0 Å². The standard InChI is InChI=1S/C19H27FN2O4/c1-19(2,3)26-18(24)22-11-10-16(15(20)12-22)21(4)17(23)25-13-14-8-6-5-7-9-14/h5-9,15-16H,10-13H2,1-4H3/t15-,16-/m0/s1. The van der Waals surface area contributed by atoms with E-state index < -0.39 is 30.0 Å². The summed E-state index contributed by atoms with van der Waals surface area (Å²) in [5.41, 5.74) is 0.239. The van der Waals surface area contributed by atoms with Crippen LogP contribution in [-0.4, -0.2) is 59.9 Å². The van der Waals surface area contributed by atoms with Gasteiger partial charge in [-0.1, -0.05) is 30.3 Å². The van der Waals surface area contributed by atoms with E-state index in [2.05, 4.69) is 0 Å². The lowest BCUT2D eigenvalue weighted by Crippen LogP contribution is -2.54. The summed E-state index contributed by atoms with van der Waals surface area (Å²) in [7, 11) is 1.52. The number of ether oxygens (including phenoxy) is 2. The van der Waals surface area contributed by atoms with Crippen LogP contribution in [0.4, 0.5) is 14.0 Å². The lowest BCUT2D eigenvalue weighted by atomic mass is 10.0. The molecule has 6 nitrogen and oxygen atoms in total. The second-order valence-corrected chi connectivity index (χ2v) is 7.45. The number of piperidine rings is 1. The summed E-state index contributed by atoms with van der Waals surface area (Å²) in [6, 6.07) is 8.67. The van der Waals surface area contributed by atoms with Crippen molar-refractivity contribution in [3.8, 4) is 0 Å². The van der Waals surface area contributed by atoms with Crippen LogP contribution in [-0.2, 0) is 16.1 Å². The molecule has 0 spiro atoms. The van der Waals surface area contributed by atoms with Crippen LogP contribution in [0.25, 0.3) is 0 Å². The Bertz CT molecular complexity index is 618. The van der Waals surface area contributed by atoms with Crippen molar-refractivity contribution in [2.75, 3.05) is 20.1 Å². The fourth-order valence-corrected chi connectivity index (χ4v) is 2.78. The summed E-state index contributed by atoms with van der Waals surface area (Å²) in [6.07, 6.45) is -2.14. The van der Waals surface area contributed by atoms with Gasteiger partial charge >= 0.3 is 12.2 Å². The molecular formula is C19H27FN2O4. The van der Waals surface area contributed by atoms with E-state index in [9.17, 15) is 14.0 Å². The third-order valence-electron chi connectivity index (χ3n) is 4.15. The van der Waals surface area contributed by atoms with Crippen molar-refractivity contribution in [1.82, 2.24) is 9.80 Å². The number of amides is 2. The number of carbonyl (C=O) groups excluding carboxylic acids is 2. The van der Waals surface area contributed by atoms with Crippen molar-refractivity contribution < 1.29 is 23.5 Å². The highest BCUT2D eigenvalue weighted by molar-refractivity contribution is 5.69. The maximum atomic E-state index is 14.6. The van der Waals surface area contributed by atoms with Crippen LogP contribution in [0, 0.1) is 0 Å². The Labute approximate surface area is 153 Å².